The molecule has 2 aromatic heterocycles. The first-order valence-electron chi connectivity index (χ1n) is 8.12. The molecule has 1 amide bonds. The molecule has 0 saturated carbocycles. The van der Waals surface area contributed by atoms with Crippen LogP contribution in [0.3, 0.4) is 0 Å². The van der Waals surface area contributed by atoms with Gasteiger partial charge in [0.05, 0.1) is 27.8 Å². The van der Waals surface area contributed by atoms with Crippen LogP contribution in [0, 0.1) is 6.92 Å². The van der Waals surface area contributed by atoms with Crippen LogP contribution in [0.1, 0.15) is 10.8 Å². The molecule has 0 aliphatic heterocycles. The Labute approximate surface area is 149 Å². The highest BCUT2D eigenvalue weighted by atomic mass is 32.1. The highest BCUT2D eigenvalue weighted by Crippen LogP contribution is 2.22. The van der Waals surface area contributed by atoms with E-state index in [0.717, 1.165) is 32.1 Å². The molecule has 0 unspecified atom stereocenters. The average Bonchev–Trinajstić information content (AvgIpc) is 3.15. The first kappa shape index (κ1) is 15.8. The lowest BCUT2D eigenvalue weighted by Gasteiger charge is -2.17. The van der Waals surface area contributed by atoms with Gasteiger partial charge in [0.25, 0.3) is 0 Å². The van der Waals surface area contributed by atoms with Crippen LogP contribution in [0.4, 0.5) is 0 Å². The lowest BCUT2D eigenvalue weighted by Crippen LogP contribution is -2.30. The highest BCUT2D eigenvalue weighted by molar-refractivity contribution is 7.18. The Morgan fingerprint density at radius 3 is 2.60 bits per heavy atom. The largest absolute Gasteiger partial charge is 0.337 e. The van der Waals surface area contributed by atoms with Crippen molar-refractivity contribution in [2.45, 2.75) is 20.0 Å². The number of hydrogen-bond acceptors (Lipinski definition) is 4. The molecule has 0 bridgehead atoms. The number of nitrogens with zero attached hydrogens (tertiary/aromatic N) is 4. The molecular weight excluding hydrogens is 332 g/mol. The van der Waals surface area contributed by atoms with Gasteiger partial charge >= 0.3 is 0 Å². The third kappa shape index (κ3) is 3.00. The van der Waals surface area contributed by atoms with Crippen LogP contribution in [0.25, 0.3) is 21.3 Å². The van der Waals surface area contributed by atoms with Gasteiger partial charge in [0.1, 0.15) is 17.4 Å². The first-order valence-corrected chi connectivity index (χ1v) is 8.94. The molecule has 0 saturated heterocycles. The number of rotatable bonds is 4. The Morgan fingerprint density at radius 2 is 1.80 bits per heavy atom. The van der Waals surface area contributed by atoms with Crippen LogP contribution in [-0.4, -0.2) is 32.4 Å². The molecule has 25 heavy (non-hydrogen) atoms. The molecule has 0 N–H and O–H groups in total. The van der Waals surface area contributed by atoms with E-state index in [4.69, 9.17) is 0 Å². The second-order valence-electron chi connectivity index (χ2n) is 6.06. The number of fused-ring (bicyclic) bond motifs is 2. The number of amides is 1. The fourth-order valence-corrected chi connectivity index (χ4v) is 3.95. The van der Waals surface area contributed by atoms with Crippen molar-refractivity contribution in [3.05, 3.63) is 59.4 Å². The second kappa shape index (κ2) is 6.29. The summed E-state index contributed by atoms with van der Waals surface area (Å²) in [6.45, 7) is 2.73. The maximum atomic E-state index is 12.7. The van der Waals surface area contributed by atoms with Crippen molar-refractivity contribution >= 4 is 38.5 Å². The Kier molecular flexibility index (Phi) is 3.97. The monoisotopic (exact) mass is 350 g/mol. The van der Waals surface area contributed by atoms with Gasteiger partial charge < -0.3 is 9.47 Å². The van der Waals surface area contributed by atoms with Crippen LogP contribution < -0.4 is 0 Å². The molecule has 4 rings (SSSR count). The molecular formula is C19H18N4OS. The van der Waals surface area contributed by atoms with Gasteiger partial charge in [-0.3, -0.25) is 4.79 Å². The van der Waals surface area contributed by atoms with Crippen LogP contribution in [0.5, 0.6) is 0 Å². The Hall–Kier alpha value is -2.73. The lowest BCUT2D eigenvalue weighted by atomic mass is 10.3. The predicted octanol–water partition coefficient (Wildman–Crippen LogP) is 3.61. The predicted molar refractivity (Wildman–Crippen MR) is 101 cm³/mol. The standard InChI is InChI=1S/C19H18N4OS/c1-13-20-14-7-3-5-9-16(14)23(13)12-19(24)22(2)11-18-21-15-8-4-6-10-17(15)25-18/h3-10H,11-12H2,1-2H3. The zero-order valence-electron chi connectivity index (χ0n) is 14.1. The summed E-state index contributed by atoms with van der Waals surface area (Å²) in [6, 6.07) is 15.9. The SMILES string of the molecule is Cc1nc2ccccc2n1CC(=O)N(C)Cc1nc2ccccc2s1. The van der Waals surface area contributed by atoms with Gasteiger partial charge in [0.15, 0.2) is 0 Å². The number of thiazole rings is 1. The van der Waals surface area contributed by atoms with Crippen molar-refractivity contribution in [3.8, 4) is 0 Å². The number of aromatic nitrogens is 3. The first-order chi connectivity index (χ1) is 12.1. The van der Waals surface area contributed by atoms with E-state index in [-0.39, 0.29) is 12.5 Å². The molecule has 6 heteroatoms. The Morgan fingerprint density at radius 1 is 1.08 bits per heavy atom. The van der Waals surface area contributed by atoms with Crippen molar-refractivity contribution in [3.63, 3.8) is 0 Å². The zero-order valence-corrected chi connectivity index (χ0v) is 15.0. The summed E-state index contributed by atoms with van der Waals surface area (Å²) < 4.78 is 3.11. The molecule has 5 nitrogen and oxygen atoms in total. The molecule has 0 radical (unpaired) electrons. The maximum Gasteiger partial charge on any atom is 0.242 e. The molecule has 126 valence electrons. The summed E-state index contributed by atoms with van der Waals surface area (Å²) in [5.74, 6) is 0.897. The molecule has 0 aliphatic rings. The van der Waals surface area contributed by atoms with Crippen LogP contribution in [0.2, 0.25) is 0 Å². The summed E-state index contributed by atoms with van der Waals surface area (Å²) in [4.78, 5) is 23.5. The smallest absolute Gasteiger partial charge is 0.242 e. The average molecular weight is 350 g/mol. The lowest BCUT2D eigenvalue weighted by molar-refractivity contribution is -0.131. The van der Waals surface area contributed by atoms with E-state index < -0.39 is 0 Å². The van der Waals surface area contributed by atoms with E-state index in [2.05, 4.69) is 16.0 Å². The summed E-state index contributed by atoms with van der Waals surface area (Å²) in [5, 5.41) is 0.948. The fraction of sp³-hybridized carbons (Fsp3) is 0.211. The van der Waals surface area contributed by atoms with E-state index in [1.807, 2.05) is 61.0 Å². The van der Waals surface area contributed by atoms with E-state index in [1.54, 1.807) is 16.2 Å². The number of imidazole rings is 1. The summed E-state index contributed by atoms with van der Waals surface area (Å²) >= 11 is 1.63. The molecule has 2 aromatic carbocycles. The number of para-hydroxylation sites is 3. The summed E-state index contributed by atoms with van der Waals surface area (Å²) in [5.41, 5.74) is 2.89. The van der Waals surface area contributed by atoms with E-state index in [9.17, 15) is 4.79 Å². The van der Waals surface area contributed by atoms with Crippen LogP contribution >= 0.6 is 11.3 Å². The maximum absolute atomic E-state index is 12.7. The fourth-order valence-electron chi connectivity index (χ4n) is 2.93. The molecule has 0 aliphatic carbocycles. The number of carbonyl (C=O) groups excluding carboxylic acids is 1. The third-order valence-corrected chi connectivity index (χ3v) is 5.30. The van der Waals surface area contributed by atoms with Gasteiger partial charge in [0.2, 0.25) is 5.91 Å². The quantitative estimate of drug-likeness (QED) is 0.565. The molecule has 2 heterocycles. The Balaban J connectivity index is 1.52. The normalized spacial score (nSPS) is 11.3. The van der Waals surface area contributed by atoms with Gasteiger partial charge in [-0.2, -0.15) is 0 Å². The van der Waals surface area contributed by atoms with E-state index >= 15 is 0 Å². The van der Waals surface area contributed by atoms with Gasteiger partial charge in [-0.15, -0.1) is 11.3 Å². The van der Waals surface area contributed by atoms with E-state index in [0.29, 0.717) is 6.54 Å². The number of likely N-dealkylation sites (N-methyl/N-ethyl adjacent to an activating group) is 1. The topological polar surface area (TPSA) is 51.0 Å². The number of hydrogen-bond donors (Lipinski definition) is 0. The number of aryl methyl sites for hydroxylation is 1. The Bertz CT molecular complexity index is 1030. The minimum Gasteiger partial charge on any atom is -0.337 e. The van der Waals surface area contributed by atoms with Crippen LogP contribution in [-0.2, 0) is 17.9 Å². The van der Waals surface area contributed by atoms with Crippen molar-refractivity contribution < 1.29 is 4.79 Å². The number of benzene rings is 2. The van der Waals surface area contributed by atoms with Gasteiger partial charge in [-0.1, -0.05) is 24.3 Å². The minimum absolute atomic E-state index is 0.0468. The van der Waals surface area contributed by atoms with Crippen molar-refractivity contribution in [2.24, 2.45) is 0 Å². The minimum atomic E-state index is 0.0468. The molecule has 0 atom stereocenters. The van der Waals surface area contributed by atoms with Crippen molar-refractivity contribution in [1.82, 2.24) is 19.4 Å². The molecule has 0 fully saturated rings. The molecule has 0 spiro atoms. The van der Waals surface area contributed by atoms with Gasteiger partial charge in [-0.05, 0) is 31.2 Å². The third-order valence-electron chi connectivity index (χ3n) is 4.28. The summed E-state index contributed by atoms with van der Waals surface area (Å²) in [6.07, 6.45) is 0. The van der Waals surface area contributed by atoms with Crippen molar-refractivity contribution in [2.75, 3.05) is 7.05 Å². The van der Waals surface area contributed by atoms with E-state index in [1.165, 1.54) is 0 Å². The molecule has 4 aromatic rings. The number of carbonyl (C=O) groups is 1. The second-order valence-corrected chi connectivity index (χ2v) is 7.17. The zero-order chi connectivity index (χ0) is 17.4. The van der Waals surface area contributed by atoms with Gasteiger partial charge in [-0.25, -0.2) is 9.97 Å². The van der Waals surface area contributed by atoms with Crippen LogP contribution in [0.15, 0.2) is 48.5 Å². The summed E-state index contributed by atoms with van der Waals surface area (Å²) in [7, 11) is 1.82. The van der Waals surface area contributed by atoms with Gasteiger partial charge in [0, 0.05) is 7.05 Å². The van der Waals surface area contributed by atoms with Crippen molar-refractivity contribution in [1.29, 1.82) is 0 Å². The highest BCUT2D eigenvalue weighted by Gasteiger charge is 2.15.